The minimum Gasteiger partial charge on any atom is -0.317 e. The predicted molar refractivity (Wildman–Crippen MR) is 94.5 cm³/mol. The van der Waals surface area contributed by atoms with Gasteiger partial charge in [0.15, 0.2) is 0 Å². The fourth-order valence-corrected chi connectivity index (χ4v) is 3.93. The summed E-state index contributed by atoms with van der Waals surface area (Å²) in [5.41, 5.74) is 0.880. The first kappa shape index (κ1) is 18.4. The fraction of sp³-hybridized carbons (Fsp3) is 0.500. The minimum absolute atomic E-state index is 0.0497. The van der Waals surface area contributed by atoms with Crippen molar-refractivity contribution in [2.24, 2.45) is 0 Å². The second kappa shape index (κ2) is 7.05. The lowest BCUT2D eigenvalue weighted by Gasteiger charge is -2.42. The Bertz CT molecular complexity index is 707. The van der Waals surface area contributed by atoms with E-state index in [-0.39, 0.29) is 5.54 Å². The molecule has 1 aliphatic heterocycles. The van der Waals surface area contributed by atoms with Crippen molar-refractivity contribution < 1.29 is 13.2 Å². The molecule has 2 aromatic rings. The van der Waals surface area contributed by atoms with Crippen molar-refractivity contribution in [3.8, 4) is 10.6 Å². The summed E-state index contributed by atoms with van der Waals surface area (Å²) in [5.74, 6) is 0. The molecular weight excluding hydrogens is 347 g/mol. The standard InChI is InChI=1S/C18H22F3N3S/c1-17(5-7-22-8-6-17)24(2)12-13-3-4-14(18(19,20)21)11-15(13)16-23-9-10-25-16/h3-4,9-11,22H,5-8,12H2,1-2H3. The predicted octanol–water partition coefficient (Wildman–Crippen LogP) is 4.40. The van der Waals surface area contributed by atoms with Crippen molar-refractivity contribution >= 4 is 11.3 Å². The van der Waals surface area contributed by atoms with Crippen molar-refractivity contribution in [1.82, 2.24) is 15.2 Å². The second-order valence-corrected chi connectivity index (χ2v) is 7.70. The number of alkyl halides is 3. The van der Waals surface area contributed by atoms with Gasteiger partial charge in [-0.15, -0.1) is 11.3 Å². The summed E-state index contributed by atoms with van der Waals surface area (Å²) in [5, 5.41) is 5.77. The molecule has 0 bridgehead atoms. The summed E-state index contributed by atoms with van der Waals surface area (Å²) in [6.45, 7) is 4.75. The number of benzene rings is 1. The SMILES string of the molecule is CN(Cc1ccc(C(F)(F)F)cc1-c1nccs1)C1(C)CCNCC1. The van der Waals surface area contributed by atoms with E-state index in [9.17, 15) is 13.2 Å². The van der Waals surface area contributed by atoms with Crippen LogP contribution in [0.3, 0.4) is 0 Å². The van der Waals surface area contributed by atoms with Crippen LogP contribution >= 0.6 is 11.3 Å². The molecule has 0 aliphatic carbocycles. The van der Waals surface area contributed by atoms with Crippen molar-refractivity contribution in [1.29, 1.82) is 0 Å². The molecule has 0 atom stereocenters. The molecule has 1 saturated heterocycles. The zero-order valence-corrected chi connectivity index (χ0v) is 15.2. The number of hydrogen-bond acceptors (Lipinski definition) is 4. The first-order valence-electron chi connectivity index (χ1n) is 8.31. The molecule has 2 heterocycles. The molecule has 1 fully saturated rings. The van der Waals surface area contributed by atoms with Gasteiger partial charge in [-0.05, 0) is 57.6 Å². The lowest BCUT2D eigenvalue weighted by molar-refractivity contribution is -0.137. The summed E-state index contributed by atoms with van der Waals surface area (Å²) in [6.07, 6.45) is -0.674. The van der Waals surface area contributed by atoms with Crippen LogP contribution in [0.5, 0.6) is 0 Å². The lowest BCUT2D eigenvalue weighted by atomic mass is 9.88. The van der Waals surface area contributed by atoms with Gasteiger partial charge in [0.2, 0.25) is 0 Å². The Kier molecular flexibility index (Phi) is 5.18. The van der Waals surface area contributed by atoms with Gasteiger partial charge in [0.05, 0.1) is 5.56 Å². The third-order valence-electron chi connectivity index (χ3n) is 5.11. The second-order valence-electron chi connectivity index (χ2n) is 6.81. The van der Waals surface area contributed by atoms with Gasteiger partial charge in [0.25, 0.3) is 0 Å². The van der Waals surface area contributed by atoms with Crippen LogP contribution in [0.1, 0.15) is 30.9 Å². The smallest absolute Gasteiger partial charge is 0.317 e. The Balaban J connectivity index is 1.92. The maximum absolute atomic E-state index is 13.1. The van der Waals surface area contributed by atoms with Gasteiger partial charge in [-0.2, -0.15) is 13.2 Å². The molecule has 0 amide bonds. The third kappa shape index (κ3) is 4.04. The molecule has 1 aromatic heterocycles. The van der Waals surface area contributed by atoms with Crippen molar-refractivity contribution in [3.05, 3.63) is 40.9 Å². The van der Waals surface area contributed by atoms with Gasteiger partial charge in [-0.3, -0.25) is 4.90 Å². The number of nitrogens with one attached hydrogen (secondary N) is 1. The van der Waals surface area contributed by atoms with E-state index in [4.69, 9.17) is 0 Å². The normalized spacial score (nSPS) is 17.8. The van der Waals surface area contributed by atoms with Crippen LogP contribution in [0.4, 0.5) is 13.2 Å². The highest BCUT2D eigenvalue weighted by Gasteiger charge is 2.33. The molecule has 3 nitrogen and oxygen atoms in total. The van der Waals surface area contributed by atoms with Crippen LogP contribution in [0.2, 0.25) is 0 Å². The molecule has 136 valence electrons. The first-order valence-corrected chi connectivity index (χ1v) is 9.19. The number of thiazole rings is 1. The molecular formula is C18H22F3N3S. The van der Waals surface area contributed by atoms with Gasteiger partial charge in [0, 0.05) is 29.2 Å². The quantitative estimate of drug-likeness (QED) is 0.866. The van der Waals surface area contributed by atoms with Crippen LogP contribution in [0.25, 0.3) is 10.6 Å². The average Bonchev–Trinajstić information content (AvgIpc) is 3.09. The lowest BCUT2D eigenvalue weighted by Crippen LogP contribution is -2.50. The largest absolute Gasteiger partial charge is 0.416 e. The molecule has 25 heavy (non-hydrogen) atoms. The Morgan fingerprint density at radius 3 is 2.60 bits per heavy atom. The van der Waals surface area contributed by atoms with Crippen LogP contribution in [-0.2, 0) is 12.7 Å². The minimum atomic E-state index is -4.35. The van der Waals surface area contributed by atoms with E-state index < -0.39 is 11.7 Å². The highest BCUT2D eigenvalue weighted by molar-refractivity contribution is 7.13. The molecule has 0 unspecified atom stereocenters. The van der Waals surface area contributed by atoms with Crippen LogP contribution in [0, 0.1) is 0 Å². The molecule has 0 radical (unpaired) electrons. The maximum Gasteiger partial charge on any atom is 0.416 e. The maximum atomic E-state index is 13.1. The van der Waals surface area contributed by atoms with E-state index in [0.29, 0.717) is 17.1 Å². The van der Waals surface area contributed by atoms with E-state index in [1.165, 1.54) is 23.5 Å². The van der Waals surface area contributed by atoms with Gasteiger partial charge in [0.1, 0.15) is 5.01 Å². The van der Waals surface area contributed by atoms with Crippen LogP contribution in [-0.4, -0.2) is 35.6 Å². The summed E-state index contributed by atoms with van der Waals surface area (Å²) in [6, 6.07) is 4.00. The van der Waals surface area contributed by atoms with Crippen LogP contribution < -0.4 is 5.32 Å². The van der Waals surface area contributed by atoms with E-state index in [0.717, 1.165) is 31.5 Å². The van der Waals surface area contributed by atoms with Gasteiger partial charge < -0.3 is 5.32 Å². The zero-order valence-electron chi connectivity index (χ0n) is 14.4. The summed E-state index contributed by atoms with van der Waals surface area (Å²) >= 11 is 1.36. The Morgan fingerprint density at radius 1 is 1.28 bits per heavy atom. The van der Waals surface area contributed by atoms with Crippen molar-refractivity contribution in [2.75, 3.05) is 20.1 Å². The monoisotopic (exact) mass is 369 g/mol. The van der Waals surface area contributed by atoms with Crippen molar-refractivity contribution in [2.45, 2.75) is 38.0 Å². The number of rotatable bonds is 4. The van der Waals surface area contributed by atoms with Gasteiger partial charge in [-0.25, -0.2) is 4.98 Å². The summed E-state index contributed by atoms with van der Waals surface area (Å²) < 4.78 is 39.4. The Labute approximate surface area is 149 Å². The summed E-state index contributed by atoms with van der Waals surface area (Å²) in [4.78, 5) is 6.49. The van der Waals surface area contributed by atoms with Crippen molar-refractivity contribution in [3.63, 3.8) is 0 Å². The number of nitrogens with zero attached hydrogens (tertiary/aromatic N) is 2. The molecule has 1 aromatic carbocycles. The molecule has 1 aliphatic rings. The van der Waals surface area contributed by atoms with E-state index in [2.05, 4.69) is 29.2 Å². The van der Waals surface area contributed by atoms with Crippen LogP contribution in [0.15, 0.2) is 29.8 Å². The highest BCUT2D eigenvalue weighted by atomic mass is 32.1. The van der Waals surface area contributed by atoms with E-state index >= 15 is 0 Å². The molecule has 3 rings (SSSR count). The van der Waals surface area contributed by atoms with E-state index in [1.807, 2.05) is 0 Å². The molecule has 0 spiro atoms. The third-order valence-corrected chi connectivity index (χ3v) is 5.92. The Morgan fingerprint density at radius 2 is 2.00 bits per heavy atom. The Hall–Kier alpha value is -1.44. The summed E-state index contributed by atoms with van der Waals surface area (Å²) in [7, 11) is 2.05. The molecule has 7 heteroatoms. The number of hydrogen-bond donors (Lipinski definition) is 1. The molecule has 1 N–H and O–H groups in total. The number of piperidine rings is 1. The zero-order chi connectivity index (χ0) is 18.1. The topological polar surface area (TPSA) is 28.2 Å². The van der Waals surface area contributed by atoms with Gasteiger partial charge >= 0.3 is 6.18 Å². The van der Waals surface area contributed by atoms with Gasteiger partial charge in [-0.1, -0.05) is 6.07 Å². The number of aromatic nitrogens is 1. The highest BCUT2D eigenvalue weighted by Crippen LogP contribution is 2.36. The fourth-order valence-electron chi connectivity index (χ4n) is 3.24. The number of halogens is 3. The first-order chi connectivity index (χ1) is 11.8. The molecule has 0 saturated carbocycles. The average molecular weight is 369 g/mol. The van der Waals surface area contributed by atoms with E-state index in [1.54, 1.807) is 17.6 Å².